The summed E-state index contributed by atoms with van der Waals surface area (Å²) in [7, 11) is 0. The van der Waals surface area contributed by atoms with Crippen molar-refractivity contribution in [3.8, 4) is 0 Å². The van der Waals surface area contributed by atoms with E-state index in [2.05, 4.69) is 54.9 Å². The van der Waals surface area contributed by atoms with Crippen LogP contribution in [-0.4, -0.2) is 9.55 Å². The van der Waals surface area contributed by atoms with Gasteiger partial charge in [-0.2, -0.15) is 0 Å². The van der Waals surface area contributed by atoms with E-state index in [-0.39, 0.29) is 0 Å². The van der Waals surface area contributed by atoms with Gasteiger partial charge in [0.15, 0.2) is 0 Å². The summed E-state index contributed by atoms with van der Waals surface area (Å²) < 4.78 is 2.54. The van der Waals surface area contributed by atoms with Crippen molar-refractivity contribution in [1.82, 2.24) is 9.55 Å². The fraction of sp³-hybridized carbons (Fsp3) is 0.780. The van der Waals surface area contributed by atoms with Gasteiger partial charge in [0, 0.05) is 19.2 Å². The molecule has 0 saturated carbocycles. The lowest BCUT2D eigenvalue weighted by atomic mass is 10.0. The van der Waals surface area contributed by atoms with Crippen LogP contribution in [0.1, 0.15) is 198 Å². The highest BCUT2D eigenvalue weighted by atomic mass is 15.1. The van der Waals surface area contributed by atoms with Gasteiger partial charge in [-0.15, -0.1) is 0 Å². The molecule has 1 heterocycles. The number of hydrogen-bond donors (Lipinski definition) is 0. The van der Waals surface area contributed by atoms with Crippen molar-refractivity contribution in [2.24, 2.45) is 0 Å². The predicted octanol–water partition coefficient (Wildman–Crippen LogP) is 13.4. The second kappa shape index (κ2) is 27.9. The standard InChI is InChI=1S/C41H72N2/c1-3-5-7-9-11-13-15-16-17-18-19-21-23-25-30-37-43-38-40(35-31-34-39-32-27-26-28-33-39)42-41(43)36-29-24-22-20-14-12-10-8-6-4-2/h26-28,32-33,38H,3-25,29-31,34-37H2,1-2H3. The zero-order chi connectivity index (χ0) is 30.5. The Morgan fingerprint density at radius 3 is 1.37 bits per heavy atom. The normalized spacial score (nSPS) is 11.5. The van der Waals surface area contributed by atoms with Crippen LogP contribution in [0.4, 0.5) is 0 Å². The molecule has 0 aliphatic heterocycles. The molecule has 0 N–H and O–H groups in total. The monoisotopic (exact) mass is 593 g/mol. The lowest BCUT2D eigenvalue weighted by molar-refractivity contribution is 0.515. The Bertz CT molecular complexity index is 839. The summed E-state index contributed by atoms with van der Waals surface area (Å²) in [5.41, 5.74) is 2.77. The summed E-state index contributed by atoms with van der Waals surface area (Å²) in [6.45, 7) is 5.77. The first-order valence-electron chi connectivity index (χ1n) is 19.4. The van der Waals surface area contributed by atoms with Gasteiger partial charge < -0.3 is 4.57 Å². The molecule has 0 radical (unpaired) electrons. The number of unbranched alkanes of at least 4 members (excludes halogenated alkanes) is 23. The highest BCUT2D eigenvalue weighted by molar-refractivity contribution is 5.15. The maximum Gasteiger partial charge on any atom is 0.108 e. The van der Waals surface area contributed by atoms with Gasteiger partial charge in [-0.25, -0.2) is 4.98 Å². The van der Waals surface area contributed by atoms with Crippen molar-refractivity contribution >= 4 is 0 Å². The van der Waals surface area contributed by atoms with Crippen molar-refractivity contribution in [1.29, 1.82) is 0 Å². The molecule has 2 rings (SSSR count). The van der Waals surface area contributed by atoms with E-state index < -0.39 is 0 Å². The maximum atomic E-state index is 5.17. The molecule has 0 saturated heterocycles. The highest BCUT2D eigenvalue weighted by Crippen LogP contribution is 2.17. The Morgan fingerprint density at radius 2 is 0.884 bits per heavy atom. The molecule has 2 nitrogen and oxygen atoms in total. The van der Waals surface area contributed by atoms with E-state index in [0.29, 0.717) is 0 Å². The molecular weight excluding hydrogens is 520 g/mol. The second-order valence-corrected chi connectivity index (χ2v) is 13.6. The third-order valence-corrected chi connectivity index (χ3v) is 9.41. The van der Waals surface area contributed by atoms with E-state index in [1.165, 1.54) is 184 Å². The first kappa shape index (κ1) is 37.6. The van der Waals surface area contributed by atoms with Gasteiger partial charge in [-0.3, -0.25) is 0 Å². The van der Waals surface area contributed by atoms with Gasteiger partial charge in [0.05, 0.1) is 5.69 Å². The molecule has 0 unspecified atom stereocenters. The zero-order valence-electron chi connectivity index (χ0n) is 29.1. The van der Waals surface area contributed by atoms with Crippen LogP contribution in [0.2, 0.25) is 0 Å². The Hall–Kier alpha value is -1.57. The minimum absolute atomic E-state index is 1.10. The van der Waals surface area contributed by atoms with E-state index in [4.69, 9.17) is 4.98 Å². The third-order valence-electron chi connectivity index (χ3n) is 9.41. The van der Waals surface area contributed by atoms with E-state index >= 15 is 0 Å². The molecular formula is C41H72N2. The molecule has 0 amide bonds. The largest absolute Gasteiger partial charge is 0.335 e. The topological polar surface area (TPSA) is 17.8 Å². The number of rotatable bonds is 31. The van der Waals surface area contributed by atoms with Gasteiger partial charge in [-0.05, 0) is 37.7 Å². The first-order valence-corrected chi connectivity index (χ1v) is 19.4. The summed E-state index contributed by atoms with van der Waals surface area (Å²) >= 11 is 0. The Labute approximate surface area is 269 Å². The van der Waals surface area contributed by atoms with Crippen LogP contribution in [0, 0.1) is 0 Å². The number of benzene rings is 1. The van der Waals surface area contributed by atoms with Crippen LogP contribution in [0.15, 0.2) is 36.5 Å². The molecule has 1 aromatic heterocycles. The number of nitrogens with zero attached hydrogens (tertiary/aromatic N) is 2. The number of imidazole rings is 1. The van der Waals surface area contributed by atoms with Crippen molar-refractivity contribution < 1.29 is 0 Å². The summed E-state index contributed by atoms with van der Waals surface area (Å²) in [4.78, 5) is 5.17. The molecule has 246 valence electrons. The molecule has 2 aromatic rings. The molecule has 0 atom stereocenters. The number of hydrogen-bond acceptors (Lipinski definition) is 1. The van der Waals surface area contributed by atoms with Crippen molar-refractivity contribution in [3.63, 3.8) is 0 Å². The van der Waals surface area contributed by atoms with E-state index in [1.54, 1.807) is 0 Å². The molecule has 0 fully saturated rings. The molecule has 2 heteroatoms. The summed E-state index contributed by atoms with van der Waals surface area (Å²) in [5, 5.41) is 0. The van der Waals surface area contributed by atoms with Gasteiger partial charge in [0.1, 0.15) is 5.82 Å². The fourth-order valence-corrected chi connectivity index (χ4v) is 6.57. The SMILES string of the molecule is CCCCCCCCCCCCCCCCCn1cc(CCCc2ccccc2)nc1CCCCCCCCCCCC. The Kier molecular flexibility index (Phi) is 24.4. The second-order valence-electron chi connectivity index (χ2n) is 13.6. The van der Waals surface area contributed by atoms with Crippen LogP contribution in [-0.2, 0) is 25.8 Å². The van der Waals surface area contributed by atoms with Crippen LogP contribution in [0.3, 0.4) is 0 Å². The minimum atomic E-state index is 1.10. The van der Waals surface area contributed by atoms with Crippen LogP contribution < -0.4 is 0 Å². The van der Waals surface area contributed by atoms with E-state index in [9.17, 15) is 0 Å². The van der Waals surface area contributed by atoms with Crippen molar-refractivity contribution in [2.75, 3.05) is 0 Å². The average Bonchev–Trinajstić information content (AvgIpc) is 3.41. The minimum Gasteiger partial charge on any atom is -0.335 e. The van der Waals surface area contributed by atoms with Gasteiger partial charge in [-0.1, -0.05) is 192 Å². The molecule has 0 aliphatic carbocycles. The molecule has 0 bridgehead atoms. The van der Waals surface area contributed by atoms with E-state index in [0.717, 1.165) is 25.8 Å². The van der Waals surface area contributed by atoms with Crippen molar-refractivity contribution in [2.45, 2.75) is 207 Å². The summed E-state index contributed by atoms with van der Waals surface area (Å²) in [6, 6.07) is 10.9. The van der Waals surface area contributed by atoms with Crippen LogP contribution in [0.5, 0.6) is 0 Å². The van der Waals surface area contributed by atoms with Gasteiger partial charge in [0.25, 0.3) is 0 Å². The molecule has 1 aromatic carbocycles. The smallest absolute Gasteiger partial charge is 0.108 e. The quantitative estimate of drug-likeness (QED) is 0.0796. The Balaban J connectivity index is 1.60. The first-order chi connectivity index (χ1) is 21.3. The summed E-state index contributed by atoms with van der Waals surface area (Å²) in [5.74, 6) is 1.36. The average molecular weight is 593 g/mol. The van der Waals surface area contributed by atoms with Crippen molar-refractivity contribution in [3.05, 3.63) is 53.6 Å². The zero-order valence-corrected chi connectivity index (χ0v) is 29.1. The lowest BCUT2D eigenvalue weighted by Gasteiger charge is -2.08. The highest BCUT2D eigenvalue weighted by Gasteiger charge is 2.09. The lowest BCUT2D eigenvalue weighted by Crippen LogP contribution is -2.03. The van der Waals surface area contributed by atoms with Crippen LogP contribution in [0.25, 0.3) is 0 Å². The predicted molar refractivity (Wildman–Crippen MR) is 191 cm³/mol. The molecule has 0 spiro atoms. The van der Waals surface area contributed by atoms with Gasteiger partial charge in [0.2, 0.25) is 0 Å². The molecule has 43 heavy (non-hydrogen) atoms. The van der Waals surface area contributed by atoms with Gasteiger partial charge >= 0.3 is 0 Å². The number of aromatic nitrogens is 2. The fourth-order valence-electron chi connectivity index (χ4n) is 6.57. The number of aryl methyl sites for hydroxylation is 4. The summed E-state index contributed by atoms with van der Waals surface area (Å²) in [6.07, 6.45) is 42.4. The Morgan fingerprint density at radius 1 is 0.442 bits per heavy atom. The van der Waals surface area contributed by atoms with E-state index in [1.807, 2.05) is 0 Å². The maximum absolute atomic E-state index is 5.17. The van der Waals surface area contributed by atoms with Crippen LogP contribution >= 0.6 is 0 Å². The molecule has 0 aliphatic rings. The third kappa shape index (κ3) is 20.9.